The molecule has 5 nitrogen and oxygen atoms in total. The lowest BCUT2D eigenvalue weighted by Crippen LogP contribution is -2.48. The van der Waals surface area contributed by atoms with Crippen molar-refractivity contribution in [3.05, 3.63) is 29.6 Å². The first-order valence-corrected chi connectivity index (χ1v) is 6.49. The highest BCUT2D eigenvalue weighted by Gasteiger charge is 2.34. The largest absolute Gasteiger partial charge is 0.467 e. The summed E-state index contributed by atoms with van der Waals surface area (Å²) in [6.45, 7) is 0.439. The van der Waals surface area contributed by atoms with E-state index in [4.69, 9.17) is 10.5 Å². The lowest BCUT2D eigenvalue weighted by atomic mass is 10.0. The molecular formula is C14H17FN2O3. The van der Waals surface area contributed by atoms with Crippen LogP contribution in [0.5, 0.6) is 0 Å². The Labute approximate surface area is 116 Å². The molecule has 1 aromatic carbocycles. The normalized spacial score (nSPS) is 18.7. The zero-order chi connectivity index (χ0) is 14.7. The first-order valence-electron chi connectivity index (χ1n) is 6.49. The van der Waals surface area contributed by atoms with Crippen LogP contribution >= 0.6 is 0 Å². The Morgan fingerprint density at radius 2 is 2.15 bits per heavy atom. The molecule has 1 heterocycles. The molecular weight excluding hydrogens is 263 g/mol. The summed E-state index contributed by atoms with van der Waals surface area (Å²) in [5.41, 5.74) is 5.50. The number of nitrogen functional groups attached to an aromatic ring is 1. The van der Waals surface area contributed by atoms with E-state index >= 15 is 0 Å². The van der Waals surface area contributed by atoms with E-state index in [0.29, 0.717) is 13.0 Å². The van der Waals surface area contributed by atoms with E-state index in [-0.39, 0.29) is 11.3 Å². The second-order valence-corrected chi connectivity index (χ2v) is 4.73. The van der Waals surface area contributed by atoms with Crippen LogP contribution in [0.2, 0.25) is 0 Å². The van der Waals surface area contributed by atoms with Crippen molar-refractivity contribution in [2.75, 3.05) is 19.4 Å². The number of benzene rings is 1. The third-order valence-corrected chi connectivity index (χ3v) is 3.52. The van der Waals surface area contributed by atoms with Gasteiger partial charge in [-0.25, -0.2) is 9.18 Å². The van der Waals surface area contributed by atoms with Crippen molar-refractivity contribution in [3.8, 4) is 0 Å². The molecule has 1 amide bonds. The predicted octanol–water partition coefficient (Wildman–Crippen LogP) is 1.58. The quantitative estimate of drug-likeness (QED) is 0.659. The summed E-state index contributed by atoms with van der Waals surface area (Å²) in [5.74, 6) is -1.52. The Morgan fingerprint density at radius 3 is 2.85 bits per heavy atom. The fraction of sp³-hybridized carbons (Fsp3) is 0.429. The lowest BCUT2D eigenvalue weighted by Gasteiger charge is -2.34. The van der Waals surface area contributed by atoms with Gasteiger partial charge < -0.3 is 15.4 Å². The number of hydrogen-bond donors (Lipinski definition) is 1. The summed E-state index contributed by atoms with van der Waals surface area (Å²) in [7, 11) is 1.29. The molecule has 1 aromatic rings. The number of nitrogens with zero attached hydrogens (tertiary/aromatic N) is 1. The topological polar surface area (TPSA) is 72.6 Å². The lowest BCUT2D eigenvalue weighted by molar-refractivity contribution is -0.147. The number of carbonyl (C=O) groups is 2. The van der Waals surface area contributed by atoms with Gasteiger partial charge in [0.2, 0.25) is 0 Å². The number of likely N-dealkylation sites (tertiary alicyclic amines) is 1. The molecule has 6 heteroatoms. The van der Waals surface area contributed by atoms with Crippen molar-refractivity contribution in [2.24, 2.45) is 0 Å². The van der Waals surface area contributed by atoms with Crippen molar-refractivity contribution in [1.82, 2.24) is 4.90 Å². The number of methoxy groups -OCH3 is 1. The summed E-state index contributed by atoms with van der Waals surface area (Å²) in [5, 5.41) is 0. The van der Waals surface area contributed by atoms with Gasteiger partial charge in [-0.05, 0) is 31.4 Å². The third kappa shape index (κ3) is 2.59. The van der Waals surface area contributed by atoms with Crippen molar-refractivity contribution in [3.63, 3.8) is 0 Å². The van der Waals surface area contributed by atoms with Crippen LogP contribution in [-0.4, -0.2) is 36.5 Å². The predicted molar refractivity (Wildman–Crippen MR) is 71.5 cm³/mol. The minimum atomic E-state index is -0.637. The second-order valence-electron chi connectivity index (χ2n) is 4.73. The van der Waals surface area contributed by atoms with Crippen molar-refractivity contribution in [2.45, 2.75) is 25.3 Å². The smallest absolute Gasteiger partial charge is 0.328 e. The molecule has 2 rings (SSSR count). The summed E-state index contributed by atoms with van der Waals surface area (Å²) in [6.07, 6.45) is 2.20. The average Bonchev–Trinajstić information content (AvgIpc) is 2.48. The van der Waals surface area contributed by atoms with E-state index in [9.17, 15) is 14.0 Å². The Hall–Kier alpha value is -2.11. The number of piperidine rings is 1. The van der Waals surface area contributed by atoms with Crippen LogP contribution < -0.4 is 5.73 Å². The number of amides is 1. The molecule has 108 valence electrons. The number of esters is 1. The van der Waals surface area contributed by atoms with Gasteiger partial charge in [-0.2, -0.15) is 0 Å². The van der Waals surface area contributed by atoms with Gasteiger partial charge >= 0.3 is 5.97 Å². The van der Waals surface area contributed by atoms with E-state index in [1.54, 1.807) is 0 Å². The molecule has 0 aromatic heterocycles. The number of hydrogen-bond acceptors (Lipinski definition) is 4. The SMILES string of the molecule is COC(=O)C1CCCCN1C(=O)c1cccc(F)c1N. The molecule has 0 radical (unpaired) electrons. The maximum absolute atomic E-state index is 13.4. The van der Waals surface area contributed by atoms with Crippen LogP contribution in [-0.2, 0) is 9.53 Å². The summed E-state index contributed by atoms with van der Waals surface area (Å²) >= 11 is 0. The van der Waals surface area contributed by atoms with Gasteiger partial charge in [0.05, 0.1) is 18.4 Å². The maximum atomic E-state index is 13.4. The van der Waals surface area contributed by atoms with Gasteiger partial charge in [-0.15, -0.1) is 0 Å². The Kier molecular flexibility index (Phi) is 4.22. The number of anilines is 1. The van der Waals surface area contributed by atoms with E-state index in [0.717, 1.165) is 12.8 Å². The first kappa shape index (κ1) is 14.3. The van der Waals surface area contributed by atoms with Crippen molar-refractivity contribution in [1.29, 1.82) is 0 Å². The van der Waals surface area contributed by atoms with Crippen LogP contribution in [0.3, 0.4) is 0 Å². The minimum absolute atomic E-state index is 0.0841. The molecule has 0 bridgehead atoms. The fourth-order valence-electron chi connectivity index (χ4n) is 2.43. The highest BCUT2D eigenvalue weighted by molar-refractivity contribution is 6.01. The Balaban J connectivity index is 2.30. The van der Waals surface area contributed by atoms with Gasteiger partial charge in [0.25, 0.3) is 5.91 Å². The molecule has 20 heavy (non-hydrogen) atoms. The maximum Gasteiger partial charge on any atom is 0.328 e. The molecule has 1 aliphatic heterocycles. The van der Waals surface area contributed by atoms with E-state index in [1.807, 2.05) is 0 Å². The third-order valence-electron chi connectivity index (χ3n) is 3.52. The number of rotatable bonds is 2. The second kappa shape index (κ2) is 5.90. The van der Waals surface area contributed by atoms with E-state index in [2.05, 4.69) is 0 Å². The van der Waals surface area contributed by atoms with Crippen LogP contribution in [0.4, 0.5) is 10.1 Å². The Bertz CT molecular complexity index is 533. The van der Waals surface area contributed by atoms with Crippen LogP contribution in [0.25, 0.3) is 0 Å². The number of carbonyl (C=O) groups excluding carboxylic acids is 2. The zero-order valence-corrected chi connectivity index (χ0v) is 11.3. The highest BCUT2D eigenvalue weighted by Crippen LogP contribution is 2.24. The number of para-hydroxylation sites is 1. The molecule has 1 unspecified atom stereocenters. The molecule has 2 N–H and O–H groups in total. The molecule has 1 saturated heterocycles. The minimum Gasteiger partial charge on any atom is -0.467 e. The van der Waals surface area contributed by atoms with Gasteiger partial charge in [0.1, 0.15) is 11.9 Å². The average molecular weight is 280 g/mol. The fourth-order valence-corrected chi connectivity index (χ4v) is 2.43. The van der Waals surface area contributed by atoms with Crippen molar-refractivity contribution < 1.29 is 18.7 Å². The number of nitrogens with two attached hydrogens (primary N) is 1. The number of ether oxygens (including phenoxy) is 1. The van der Waals surface area contributed by atoms with Gasteiger partial charge in [-0.1, -0.05) is 6.07 Å². The van der Waals surface area contributed by atoms with Crippen molar-refractivity contribution >= 4 is 17.6 Å². The molecule has 0 spiro atoms. The summed E-state index contributed by atoms with van der Waals surface area (Å²) in [6, 6.07) is 3.46. The van der Waals surface area contributed by atoms with E-state index in [1.165, 1.54) is 30.2 Å². The molecule has 1 aliphatic rings. The molecule has 1 fully saturated rings. The highest BCUT2D eigenvalue weighted by atomic mass is 19.1. The summed E-state index contributed by atoms with van der Waals surface area (Å²) < 4.78 is 18.2. The van der Waals surface area contributed by atoms with Gasteiger partial charge in [-0.3, -0.25) is 4.79 Å². The standard InChI is InChI=1S/C14H17FN2O3/c1-20-14(19)11-7-2-3-8-17(11)13(18)9-5-4-6-10(15)12(9)16/h4-6,11H,2-3,7-8,16H2,1H3. The monoisotopic (exact) mass is 280 g/mol. The molecule has 0 saturated carbocycles. The zero-order valence-electron chi connectivity index (χ0n) is 11.3. The van der Waals surface area contributed by atoms with Gasteiger partial charge in [0.15, 0.2) is 0 Å². The van der Waals surface area contributed by atoms with Crippen LogP contribution in [0.1, 0.15) is 29.6 Å². The van der Waals surface area contributed by atoms with Crippen LogP contribution in [0, 0.1) is 5.82 Å². The first-order chi connectivity index (χ1) is 9.56. The van der Waals surface area contributed by atoms with E-state index < -0.39 is 23.7 Å². The van der Waals surface area contributed by atoms with Gasteiger partial charge in [0, 0.05) is 6.54 Å². The number of halogens is 1. The summed E-state index contributed by atoms with van der Waals surface area (Å²) in [4.78, 5) is 25.6. The molecule has 1 atom stereocenters. The molecule has 0 aliphatic carbocycles. The van der Waals surface area contributed by atoms with Crippen LogP contribution in [0.15, 0.2) is 18.2 Å². The Morgan fingerprint density at radius 1 is 1.40 bits per heavy atom.